The number of thioether (sulfide) groups is 1. The van der Waals surface area contributed by atoms with Crippen LogP contribution in [0, 0.1) is 0 Å². The van der Waals surface area contributed by atoms with Gasteiger partial charge in [0, 0.05) is 18.0 Å². The van der Waals surface area contributed by atoms with E-state index in [1.165, 1.54) is 28.6 Å². The van der Waals surface area contributed by atoms with Crippen molar-refractivity contribution in [3.05, 3.63) is 20.8 Å². The van der Waals surface area contributed by atoms with Crippen molar-refractivity contribution in [3.63, 3.8) is 0 Å². The second kappa shape index (κ2) is 7.27. The Labute approximate surface area is 149 Å². The van der Waals surface area contributed by atoms with Gasteiger partial charge in [0.15, 0.2) is 5.16 Å². The van der Waals surface area contributed by atoms with Gasteiger partial charge in [-0.25, -0.2) is 4.98 Å². The van der Waals surface area contributed by atoms with E-state index in [2.05, 4.69) is 10.3 Å². The quantitative estimate of drug-likeness (QED) is 0.654. The molecule has 7 heteroatoms. The highest BCUT2D eigenvalue weighted by Gasteiger charge is 2.21. The van der Waals surface area contributed by atoms with Crippen LogP contribution in [0.25, 0.3) is 10.2 Å². The number of nitrogens with zero attached hydrogens (tertiary/aromatic N) is 2. The first-order chi connectivity index (χ1) is 11.5. The molecule has 130 valence electrons. The summed E-state index contributed by atoms with van der Waals surface area (Å²) in [5.41, 5.74) is 1.23. The number of hydrogen-bond acceptors (Lipinski definition) is 5. The maximum absolute atomic E-state index is 12.8. The number of amides is 1. The molecule has 1 atom stereocenters. The predicted molar refractivity (Wildman–Crippen MR) is 100 cm³/mol. The van der Waals surface area contributed by atoms with E-state index in [0.29, 0.717) is 5.16 Å². The Morgan fingerprint density at radius 2 is 2.17 bits per heavy atom. The normalized spacial score (nSPS) is 15.3. The fraction of sp³-hybridized carbons (Fsp3) is 0.588. The second-order valence-electron chi connectivity index (χ2n) is 6.32. The zero-order valence-corrected chi connectivity index (χ0v) is 16.0. The van der Waals surface area contributed by atoms with Crippen LogP contribution in [0.2, 0.25) is 0 Å². The van der Waals surface area contributed by atoms with Crippen molar-refractivity contribution in [1.82, 2.24) is 14.9 Å². The van der Waals surface area contributed by atoms with E-state index in [1.54, 1.807) is 23.0 Å². The van der Waals surface area contributed by atoms with Gasteiger partial charge in [-0.1, -0.05) is 18.7 Å². The number of thiophene rings is 1. The summed E-state index contributed by atoms with van der Waals surface area (Å²) in [5, 5.41) is 4.35. The van der Waals surface area contributed by atoms with E-state index in [9.17, 15) is 9.59 Å². The van der Waals surface area contributed by atoms with Gasteiger partial charge in [0.25, 0.3) is 5.56 Å². The molecule has 0 spiro atoms. The Balaban J connectivity index is 1.86. The third-order valence-electron chi connectivity index (χ3n) is 4.51. The lowest BCUT2D eigenvalue weighted by Gasteiger charge is -2.12. The molecule has 2 aromatic heterocycles. The number of carbonyl (C=O) groups excluding carboxylic acids is 1. The summed E-state index contributed by atoms with van der Waals surface area (Å²) in [6.45, 7) is 4.02. The van der Waals surface area contributed by atoms with E-state index in [4.69, 9.17) is 0 Å². The topological polar surface area (TPSA) is 64.0 Å². The molecule has 0 saturated carbocycles. The molecule has 0 aliphatic heterocycles. The van der Waals surface area contributed by atoms with E-state index in [0.717, 1.165) is 35.9 Å². The van der Waals surface area contributed by atoms with Crippen molar-refractivity contribution < 1.29 is 4.79 Å². The maximum Gasteiger partial charge on any atom is 0.262 e. The van der Waals surface area contributed by atoms with E-state index >= 15 is 0 Å². The van der Waals surface area contributed by atoms with Crippen LogP contribution in [-0.2, 0) is 24.7 Å². The number of rotatable bonds is 5. The van der Waals surface area contributed by atoms with E-state index in [1.807, 2.05) is 13.8 Å². The van der Waals surface area contributed by atoms with Gasteiger partial charge in [-0.2, -0.15) is 0 Å². The van der Waals surface area contributed by atoms with Gasteiger partial charge in [0.1, 0.15) is 4.83 Å². The van der Waals surface area contributed by atoms with E-state index < -0.39 is 0 Å². The van der Waals surface area contributed by atoms with Crippen molar-refractivity contribution >= 4 is 39.2 Å². The molecule has 3 rings (SSSR count). The minimum atomic E-state index is -0.0193. The third kappa shape index (κ3) is 3.37. The summed E-state index contributed by atoms with van der Waals surface area (Å²) in [6.07, 6.45) is 5.28. The lowest BCUT2D eigenvalue weighted by Crippen LogP contribution is -2.33. The van der Waals surface area contributed by atoms with Crippen LogP contribution >= 0.6 is 23.1 Å². The number of aryl methyl sites for hydroxylation is 2. The molecule has 0 fully saturated rings. The molecule has 0 unspecified atom stereocenters. The third-order valence-corrected chi connectivity index (χ3v) is 6.72. The Morgan fingerprint density at radius 3 is 2.92 bits per heavy atom. The maximum atomic E-state index is 12.8. The molecule has 1 N–H and O–H groups in total. The monoisotopic (exact) mass is 365 g/mol. The van der Waals surface area contributed by atoms with Gasteiger partial charge < -0.3 is 5.32 Å². The predicted octanol–water partition coefficient (Wildman–Crippen LogP) is 2.88. The van der Waals surface area contributed by atoms with Crippen molar-refractivity contribution in [3.8, 4) is 0 Å². The Bertz CT molecular complexity index is 825. The molecular weight excluding hydrogens is 342 g/mol. The van der Waals surface area contributed by atoms with Gasteiger partial charge in [-0.3, -0.25) is 14.2 Å². The van der Waals surface area contributed by atoms with Crippen LogP contribution in [0.3, 0.4) is 0 Å². The molecule has 1 aliphatic carbocycles. The summed E-state index contributed by atoms with van der Waals surface area (Å²) in [6, 6.07) is 0.168. The molecule has 1 amide bonds. The highest BCUT2D eigenvalue weighted by molar-refractivity contribution is 7.99. The molecule has 1 aliphatic rings. The largest absolute Gasteiger partial charge is 0.353 e. The Kier molecular flexibility index (Phi) is 5.30. The Hall–Kier alpha value is -1.34. The summed E-state index contributed by atoms with van der Waals surface area (Å²) >= 11 is 2.98. The average Bonchev–Trinajstić information content (AvgIpc) is 2.95. The van der Waals surface area contributed by atoms with E-state index in [-0.39, 0.29) is 23.3 Å². The van der Waals surface area contributed by atoms with Crippen LogP contribution in [0.1, 0.15) is 43.6 Å². The van der Waals surface area contributed by atoms with Crippen LogP contribution in [0.5, 0.6) is 0 Å². The zero-order chi connectivity index (χ0) is 17.3. The molecule has 0 saturated heterocycles. The molecular formula is C17H23N3O2S2. The number of fused-ring (bicyclic) bond motifs is 3. The molecule has 24 heavy (non-hydrogen) atoms. The number of nitrogens with one attached hydrogen (secondary N) is 1. The summed E-state index contributed by atoms with van der Waals surface area (Å²) < 4.78 is 1.59. The fourth-order valence-corrected chi connectivity index (χ4v) is 5.03. The van der Waals surface area contributed by atoms with Gasteiger partial charge >= 0.3 is 0 Å². The molecule has 2 heterocycles. The van der Waals surface area contributed by atoms with Gasteiger partial charge in [-0.15, -0.1) is 11.3 Å². The van der Waals surface area contributed by atoms with Gasteiger partial charge in [0.2, 0.25) is 5.91 Å². The van der Waals surface area contributed by atoms with Crippen LogP contribution < -0.4 is 10.9 Å². The minimum absolute atomic E-state index is 0.0178. The highest BCUT2D eigenvalue weighted by atomic mass is 32.2. The van der Waals surface area contributed by atoms with Crippen molar-refractivity contribution in [2.24, 2.45) is 7.05 Å². The number of aromatic nitrogens is 2. The lowest BCUT2D eigenvalue weighted by molar-refractivity contribution is -0.119. The highest BCUT2D eigenvalue weighted by Crippen LogP contribution is 2.34. The zero-order valence-electron chi connectivity index (χ0n) is 14.3. The lowest BCUT2D eigenvalue weighted by atomic mass is 9.97. The average molecular weight is 366 g/mol. The smallest absolute Gasteiger partial charge is 0.262 e. The molecule has 0 bridgehead atoms. The van der Waals surface area contributed by atoms with Crippen molar-refractivity contribution in [1.29, 1.82) is 0 Å². The molecule has 0 radical (unpaired) electrons. The van der Waals surface area contributed by atoms with Crippen molar-refractivity contribution in [2.75, 3.05) is 5.75 Å². The van der Waals surface area contributed by atoms with Crippen LogP contribution in [-0.4, -0.2) is 27.3 Å². The SMILES string of the molecule is CC[C@@H](C)NC(=O)CSc1nc2sc3c(c2c(=O)n1C)CCCC3. The summed E-state index contributed by atoms with van der Waals surface area (Å²) in [4.78, 5) is 31.5. The Morgan fingerprint density at radius 1 is 1.42 bits per heavy atom. The first-order valence-corrected chi connectivity index (χ1v) is 10.2. The molecule has 5 nitrogen and oxygen atoms in total. The van der Waals surface area contributed by atoms with Gasteiger partial charge in [0.05, 0.1) is 11.1 Å². The van der Waals surface area contributed by atoms with Crippen LogP contribution in [0.4, 0.5) is 0 Å². The second-order valence-corrected chi connectivity index (χ2v) is 8.34. The number of hydrogen-bond donors (Lipinski definition) is 1. The first kappa shape index (κ1) is 17.5. The molecule has 0 aromatic carbocycles. The summed E-state index contributed by atoms with van der Waals surface area (Å²) in [7, 11) is 1.75. The summed E-state index contributed by atoms with van der Waals surface area (Å²) in [5.74, 6) is 0.260. The van der Waals surface area contributed by atoms with Gasteiger partial charge in [-0.05, 0) is 44.6 Å². The molecule has 2 aromatic rings. The standard InChI is InChI=1S/C17H23N3O2S2/c1-4-10(2)18-13(21)9-23-17-19-15-14(16(22)20(17)3)11-7-5-6-8-12(11)24-15/h10H,4-9H2,1-3H3,(H,18,21)/t10-/m1/s1. The minimum Gasteiger partial charge on any atom is -0.353 e. The fourth-order valence-electron chi connectivity index (χ4n) is 2.94. The number of carbonyl (C=O) groups is 1. The van der Waals surface area contributed by atoms with Crippen LogP contribution in [0.15, 0.2) is 9.95 Å². The van der Waals surface area contributed by atoms with Crippen molar-refractivity contribution in [2.45, 2.75) is 57.1 Å². The first-order valence-electron chi connectivity index (χ1n) is 8.44.